The fourth-order valence-corrected chi connectivity index (χ4v) is 3.79. The Hall–Kier alpha value is -3.03. The maximum absolute atomic E-state index is 12.9. The molecule has 1 unspecified atom stereocenters. The number of nitrogens with zero attached hydrogens (tertiary/aromatic N) is 2. The highest BCUT2D eigenvalue weighted by molar-refractivity contribution is 5.93. The number of hydrogen-bond donors (Lipinski definition) is 2. The molecule has 8 nitrogen and oxygen atoms in total. The predicted octanol–water partition coefficient (Wildman–Crippen LogP) is 5.25. The Morgan fingerprint density at radius 2 is 1.97 bits per heavy atom. The van der Waals surface area contributed by atoms with Gasteiger partial charge < -0.3 is 24.8 Å². The summed E-state index contributed by atoms with van der Waals surface area (Å²) in [6, 6.07) is 5.66. The first kappa shape index (κ1) is 23.6. The second-order valence-electron chi connectivity index (χ2n) is 10.2. The minimum absolute atomic E-state index is 0.161. The summed E-state index contributed by atoms with van der Waals surface area (Å²) in [4.78, 5) is 26.8. The zero-order valence-corrected chi connectivity index (χ0v) is 20.3. The number of anilines is 1. The molecule has 3 rings (SSSR count). The van der Waals surface area contributed by atoms with Gasteiger partial charge in [0.2, 0.25) is 0 Å². The van der Waals surface area contributed by atoms with Crippen LogP contribution in [0.15, 0.2) is 22.7 Å². The minimum Gasteiger partial charge on any atom is -0.444 e. The maximum atomic E-state index is 12.9. The van der Waals surface area contributed by atoms with E-state index in [4.69, 9.17) is 9.26 Å². The summed E-state index contributed by atoms with van der Waals surface area (Å²) < 4.78 is 10.6. The van der Waals surface area contributed by atoms with Gasteiger partial charge in [0.15, 0.2) is 0 Å². The van der Waals surface area contributed by atoms with Crippen molar-refractivity contribution in [2.24, 2.45) is 5.41 Å². The highest BCUT2D eigenvalue weighted by atomic mass is 16.6. The van der Waals surface area contributed by atoms with Crippen molar-refractivity contribution in [3.8, 4) is 11.1 Å². The summed E-state index contributed by atoms with van der Waals surface area (Å²) in [6.45, 7) is 16.2. The Bertz CT molecular complexity index is 1000. The number of rotatable bonds is 5. The van der Waals surface area contributed by atoms with Crippen LogP contribution in [0, 0.1) is 19.3 Å². The molecule has 2 aromatic rings. The average molecular weight is 443 g/mol. The van der Waals surface area contributed by atoms with Gasteiger partial charge in [0.1, 0.15) is 11.4 Å². The van der Waals surface area contributed by atoms with Gasteiger partial charge in [0.05, 0.1) is 5.69 Å². The van der Waals surface area contributed by atoms with Crippen LogP contribution < -0.4 is 10.6 Å². The summed E-state index contributed by atoms with van der Waals surface area (Å²) in [5.41, 5.74) is 3.62. The number of carbonyl (C=O) groups is 2. The van der Waals surface area contributed by atoms with E-state index in [1.54, 1.807) is 4.90 Å². The molecule has 0 radical (unpaired) electrons. The number of benzene rings is 1. The Morgan fingerprint density at radius 3 is 2.56 bits per heavy atom. The molecule has 0 saturated carbocycles. The summed E-state index contributed by atoms with van der Waals surface area (Å²) in [6.07, 6.45) is -0.460. The zero-order valence-electron chi connectivity index (χ0n) is 20.3. The number of hydrogen-bond acceptors (Lipinski definition) is 5. The van der Waals surface area contributed by atoms with Crippen molar-refractivity contribution in [3.05, 3.63) is 35.2 Å². The number of ether oxygens (including phenoxy) is 1. The molecule has 0 spiro atoms. The van der Waals surface area contributed by atoms with Crippen molar-refractivity contribution in [1.29, 1.82) is 0 Å². The molecule has 174 valence electrons. The van der Waals surface area contributed by atoms with Crippen LogP contribution in [0.5, 0.6) is 0 Å². The van der Waals surface area contributed by atoms with E-state index >= 15 is 0 Å². The number of amides is 3. The zero-order chi connectivity index (χ0) is 23.8. The molecule has 1 aliphatic rings. The standard InChI is InChI=1S/C24H34N4O4/c1-14-20(15(2)32-27-14)17-9-10-18-12-28(21(29)26-19(18)11-17)13-24(7,8)16(3)25-22(30)31-23(4,5)6/h9-11,16H,12-13H2,1-8H3,(H,25,30)(H,26,29). The Kier molecular flexibility index (Phi) is 6.26. The first-order valence-electron chi connectivity index (χ1n) is 10.9. The SMILES string of the molecule is Cc1noc(C)c1-c1ccc2c(c1)NC(=O)N(CC(C)(C)C(C)NC(=O)OC(C)(C)C)C2. The van der Waals surface area contributed by atoms with Crippen LogP contribution in [0.2, 0.25) is 0 Å². The summed E-state index contributed by atoms with van der Waals surface area (Å²) >= 11 is 0. The molecule has 3 amide bonds. The number of carbonyl (C=O) groups excluding carboxylic acids is 2. The van der Waals surface area contributed by atoms with Crippen LogP contribution in [0.4, 0.5) is 15.3 Å². The number of aromatic nitrogens is 1. The fourth-order valence-electron chi connectivity index (χ4n) is 3.79. The Labute approximate surface area is 189 Å². The molecule has 1 aliphatic heterocycles. The molecule has 2 heterocycles. The van der Waals surface area contributed by atoms with Gasteiger partial charge in [0.25, 0.3) is 0 Å². The third-order valence-electron chi connectivity index (χ3n) is 5.83. The summed E-state index contributed by atoms with van der Waals surface area (Å²) in [5.74, 6) is 0.749. The van der Waals surface area contributed by atoms with E-state index in [-0.39, 0.29) is 17.5 Å². The lowest BCUT2D eigenvalue weighted by atomic mass is 9.84. The molecule has 0 bridgehead atoms. The molecule has 32 heavy (non-hydrogen) atoms. The quantitative estimate of drug-likeness (QED) is 0.660. The molecule has 1 atom stereocenters. The minimum atomic E-state index is -0.563. The summed E-state index contributed by atoms with van der Waals surface area (Å²) in [5, 5.41) is 9.93. The molecule has 1 aromatic carbocycles. The van der Waals surface area contributed by atoms with Crippen LogP contribution >= 0.6 is 0 Å². The predicted molar refractivity (Wildman–Crippen MR) is 123 cm³/mol. The monoisotopic (exact) mass is 442 g/mol. The van der Waals surface area contributed by atoms with Gasteiger partial charge in [0, 0.05) is 35.8 Å². The molecule has 8 heteroatoms. The van der Waals surface area contributed by atoms with Crippen molar-refractivity contribution in [2.75, 3.05) is 11.9 Å². The lowest BCUT2D eigenvalue weighted by Gasteiger charge is -2.39. The van der Waals surface area contributed by atoms with Crippen LogP contribution in [0.1, 0.15) is 58.6 Å². The van der Waals surface area contributed by atoms with Gasteiger partial charge in [-0.2, -0.15) is 0 Å². The first-order chi connectivity index (χ1) is 14.8. The van der Waals surface area contributed by atoms with Crippen LogP contribution in [-0.2, 0) is 11.3 Å². The Morgan fingerprint density at radius 1 is 1.28 bits per heavy atom. The fraction of sp³-hybridized carbons (Fsp3) is 0.542. The number of nitrogens with one attached hydrogen (secondary N) is 2. The second-order valence-corrected chi connectivity index (χ2v) is 10.2. The van der Waals surface area contributed by atoms with Gasteiger partial charge in [-0.05, 0) is 58.7 Å². The maximum Gasteiger partial charge on any atom is 0.407 e. The molecule has 2 N–H and O–H groups in total. The van der Waals surface area contributed by atoms with Gasteiger partial charge in [-0.3, -0.25) is 0 Å². The van der Waals surface area contributed by atoms with Crippen LogP contribution in [0.3, 0.4) is 0 Å². The van der Waals surface area contributed by atoms with Gasteiger partial charge in [-0.25, -0.2) is 9.59 Å². The van der Waals surface area contributed by atoms with Gasteiger partial charge in [-0.15, -0.1) is 0 Å². The average Bonchev–Trinajstić information content (AvgIpc) is 2.98. The van der Waals surface area contributed by atoms with Crippen LogP contribution in [-0.4, -0.2) is 40.4 Å². The molecular weight excluding hydrogens is 408 g/mol. The molecular formula is C24H34N4O4. The number of aryl methyl sites for hydroxylation is 2. The van der Waals surface area contributed by atoms with Crippen molar-refractivity contribution < 1.29 is 18.8 Å². The van der Waals surface area contributed by atoms with Gasteiger partial charge >= 0.3 is 12.1 Å². The van der Waals surface area contributed by atoms with Crippen molar-refractivity contribution in [3.63, 3.8) is 0 Å². The number of fused-ring (bicyclic) bond motifs is 1. The summed E-state index contributed by atoms with van der Waals surface area (Å²) in [7, 11) is 0. The van der Waals surface area contributed by atoms with Crippen molar-refractivity contribution in [1.82, 2.24) is 15.4 Å². The van der Waals surface area contributed by atoms with Crippen LogP contribution in [0.25, 0.3) is 11.1 Å². The van der Waals surface area contributed by atoms with E-state index in [2.05, 4.69) is 15.8 Å². The van der Waals surface area contributed by atoms with E-state index in [0.29, 0.717) is 13.1 Å². The third kappa shape index (κ3) is 5.23. The molecule has 0 saturated heterocycles. The number of alkyl carbamates (subject to hydrolysis) is 1. The highest BCUT2D eigenvalue weighted by Crippen LogP contribution is 2.34. The largest absolute Gasteiger partial charge is 0.444 e. The first-order valence-corrected chi connectivity index (χ1v) is 10.9. The van der Waals surface area contributed by atoms with Crippen molar-refractivity contribution >= 4 is 17.8 Å². The number of urea groups is 1. The smallest absolute Gasteiger partial charge is 0.407 e. The molecule has 1 aromatic heterocycles. The van der Waals surface area contributed by atoms with Gasteiger partial charge in [-0.1, -0.05) is 31.1 Å². The third-order valence-corrected chi connectivity index (χ3v) is 5.83. The van der Waals surface area contributed by atoms with E-state index in [1.165, 1.54) is 0 Å². The van der Waals surface area contributed by atoms with E-state index in [1.807, 2.05) is 73.6 Å². The van der Waals surface area contributed by atoms with E-state index < -0.39 is 11.7 Å². The molecule has 0 aliphatic carbocycles. The normalized spacial score (nSPS) is 15.1. The second kappa shape index (κ2) is 8.48. The van der Waals surface area contributed by atoms with E-state index in [0.717, 1.165) is 33.8 Å². The highest BCUT2D eigenvalue weighted by Gasteiger charge is 2.34. The van der Waals surface area contributed by atoms with Crippen molar-refractivity contribution in [2.45, 2.75) is 73.6 Å². The lowest BCUT2D eigenvalue weighted by Crippen LogP contribution is -2.52. The molecule has 0 fully saturated rings. The van der Waals surface area contributed by atoms with E-state index in [9.17, 15) is 9.59 Å². The topological polar surface area (TPSA) is 96.7 Å². The Balaban J connectivity index is 1.71. The lowest BCUT2D eigenvalue weighted by molar-refractivity contribution is 0.0451.